The summed E-state index contributed by atoms with van der Waals surface area (Å²) in [6.07, 6.45) is 7.59. The highest BCUT2D eigenvalue weighted by molar-refractivity contribution is 6.30. The normalized spacial score (nSPS) is 16.4. The Morgan fingerprint density at radius 1 is 1.25 bits per heavy atom. The number of halogens is 1. The molecule has 6 heteroatoms. The third kappa shape index (κ3) is 6.40. The number of amides is 2. The van der Waals surface area contributed by atoms with Gasteiger partial charge in [-0.25, -0.2) is 0 Å². The Hall–Kier alpha value is -1.75. The first-order chi connectivity index (χ1) is 11.5. The summed E-state index contributed by atoms with van der Waals surface area (Å²) in [4.78, 5) is 23.7. The number of hydrogen-bond donors (Lipinski definition) is 3. The largest absolute Gasteiger partial charge is 0.382 e. The first-order valence-electron chi connectivity index (χ1n) is 8.62. The maximum absolute atomic E-state index is 12.1. The first kappa shape index (κ1) is 18.6. The molecule has 5 nitrogen and oxygen atoms in total. The molecule has 1 aliphatic carbocycles. The second-order valence-corrected chi connectivity index (χ2v) is 6.89. The van der Waals surface area contributed by atoms with Crippen LogP contribution >= 0.6 is 11.6 Å². The van der Waals surface area contributed by atoms with Crippen LogP contribution in [0.25, 0.3) is 0 Å². The predicted molar refractivity (Wildman–Crippen MR) is 96.9 cm³/mol. The van der Waals surface area contributed by atoms with E-state index in [1.54, 1.807) is 12.1 Å². The smallest absolute Gasteiger partial charge is 0.241 e. The molecule has 1 fully saturated rings. The van der Waals surface area contributed by atoms with Crippen molar-refractivity contribution in [2.75, 3.05) is 11.9 Å². The van der Waals surface area contributed by atoms with Gasteiger partial charge in [-0.2, -0.15) is 0 Å². The molecular weight excluding hydrogens is 326 g/mol. The SMILES string of the molecule is NC(=O)C(CNc1cccc(Cl)c1)NC(=O)CCC1CCCCC1. The van der Waals surface area contributed by atoms with E-state index >= 15 is 0 Å². The van der Waals surface area contributed by atoms with E-state index in [4.69, 9.17) is 17.3 Å². The van der Waals surface area contributed by atoms with Crippen LogP contribution in [0.5, 0.6) is 0 Å². The minimum Gasteiger partial charge on any atom is -0.382 e. The van der Waals surface area contributed by atoms with Gasteiger partial charge in [0.2, 0.25) is 11.8 Å². The van der Waals surface area contributed by atoms with Gasteiger partial charge in [-0.1, -0.05) is 49.8 Å². The Kier molecular flexibility index (Phi) is 7.37. The van der Waals surface area contributed by atoms with Gasteiger partial charge in [0.05, 0.1) is 0 Å². The van der Waals surface area contributed by atoms with Crippen molar-refractivity contribution < 1.29 is 9.59 Å². The van der Waals surface area contributed by atoms with E-state index in [1.165, 1.54) is 32.1 Å². The van der Waals surface area contributed by atoms with E-state index in [0.29, 0.717) is 17.4 Å². The number of nitrogens with two attached hydrogens (primary N) is 1. The van der Waals surface area contributed by atoms with E-state index in [1.807, 2.05) is 12.1 Å². The molecular formula is C18H26ClN3O2. The Labute approximate surface area is 148 Å². The summed E-state index contributed by atoms with van der Waals surface area (Å²) < 4.78 is 0. The molecule has 1 aliphatic rings. The molecule has 2 rings (SSSR count). The first-order valence-corrected chi connectivity index (χ1v) is 9.00. The van der Waals surface area contributed by atoms with Crippen LogP contribution in [0.2, 0.25) is 5.02 Å². The quantitative estimate of drug-likeness (QED) is 0.672. The van der Waals surface area contributed by atoms with Gasteiger partial charge in [0, 0.05) is 23.7 Å². The highest BCUT2D eigenvalue weighted by Gasteiger charge is 2.19. The molecule has 4 N–H and O–H groups in total. The second-order valence-electron chi connectivity index (χ2n) is 6.46. The maximum Gasteiger partial charge on any atom is 0.241 e. The zero-order valence-electron chi connectivity index (χ0n) is 13.9. The fourth-order valence-electron chi connectivity index (χ4n) is 3.12. The summed E-state index contributed by atoms with van der Waals surface area (Å²) >= 11 is 5.92. The monoisotopic (exact) mass is 351 g/mol. The number of rotatable bonds is 8. The minimum atomic E-state index is -0.733. The average molecular weight is 352 g/mol. The highest BCUT2D eigenvalue weighted by Crippen LogP contribution is 2.27. The lowest BCUT2D eigenvalue weighted by atomic mass is 9.86. The average Bonchev–Trinajstić information content (AvgIpc) is 2.57. The molecule has 0 bridgehead atoms. The fraction of sp³-hybridized carbons (Fsp3) is 0.556. The molecule has 0 saturated heterocycles. The molecule has 0 aromatic heterocycles. The standard InChI is InChI=1S/C18H26ClN3O2/c19-14-7-4-8-15(11-14)21-12-16(18(20)24)22-17(23)10-9-13-5-2-1-3-6-13/h4,7-8,11,13,16,21H,1-3,5-6,9-10,12H2,(H2,20,24)(H,22,23). The van der Waals surface area contributed by atoms with E-state index in [2.05, 4.69) is 10.6 Å². The maximum atomic E-state index is 12.1. The number of carbonyl (C=O) groups excluding carboxylic acids is 2. The third-order valence-electron chi connectivity index (χ3n) is 4.52. The van der Waals surface area contributed by atoms with Gasteiger partial charge in [-0.05, 0) is 30.5 Å². The number of anilines is 1. The van der Waals surface area contributed by atoms with Gasteiger partial charge in [0.15, 0.2) is 0 Å². The fourth-order valence-corrected chi connectivity index (χ4v) is 3.31. The molecule has 0 spiro atoms. The minimum absolute atomic E-state index is 0.114. The lowest BCUT2D eigenvalue weighted by Crippen LogP contribution is -2.48. The number of nitrogens with one attached hydrogen (secondary N) is 2. The zero-order valence-corrected chi connectivity index (χ0v) is 14.6. The van der Waals surface area contributed by atoms with Gasteiger partial charge in [0.1, 0.15) is 6.04 Å². The van der Waals surface area contributed by atoms with E-state index in [-0.39, 0.29) is 12.5 Å². The summed E-state index contributed by atoms with van der Waals surface area (Å²) in [6, 6.07) is 6.44. The summed E-state index contributed by atoms with van der Waals surface area (Å²) in [6.45, 7) is 0.241. The van der Waals surface area contributed by atoms with Crippen LogP contribution in [0.15, 0.2) is 24.3 Å². The van der Waals surface area contributed by atoms with E-state index in [9.17, 15) is 9.59 Å². The number of primary amides is 1. The number of carbonyl (C=O) groups is 2. The van der Waals surface area contributed by atoms with Gasteiger partial charge in [0.25, 0.3) is 0 Å². The highest BCUT2D eigenvalue weighted by atomic mass is 35.5. The van der Waals surface area contributed by atoms with Crippen molar-refractivity contribution in [3.8, 4) is 0 Å². The van der Waals surface area contributed by atoms with Crippen LogP contribution in [0.4, 0.5) is 5.69 Å². The van der Waals surface area contributed by atoms with Crippen LogP contribution in [0, 0.1) is 5.92 Å². The van der Waals surface area contributed by atoms with Gasteiger partial charge < -0.3 is 16.4 Å². The molecule has 1 unspecified atom stereocenters. The second kappa shape index (κ2) is 9.52. The number of hydrogen-bond acceptors (Lipinski definition) is 3. The molecule has 0 aliphatic heterocycles. The topological polar surface area (TPSA) is 84.2 Å². The lowest BCUT2D eigenvalue weighted by Gasteiger charge is -2.22. The molecule has 1 aromatic rings. The number of benzene rings is 1. The Morgan fingerprint density at radius 3 is 2.67 bits per heavy atom. The molecule has 2 amide bonds. The van der Waals surface area contributed by atoms with E-state index in [0.717, 1.165) is 12.1 Å². The summed E-state index contributed by atoms with van der Waals surface area (Å²) in [5, 5.41) is 6.41. The van der Waals surface area contributed by atoms with Crippen molar-refractivity contribution in [3.05, 3.63) is 29.3 Å². The van der Waals surface area contributed by atoms with Crippen molar-refractivity contribution in [3.63, 3.8) is 0 Å². The molecule has 1 saturated carbocycles. The van der Waals surface area contributed by atoms with Crippen molar-refractivity contribution in [2.24, 2.45) is 11.7 Å². The Bertz CT molecular complexity index is 559. The van der Waals surface area contributed by atoms with Crippen molar-refractivity contribution in [1.29, 1.82) is 0 Å². The van der Waals surface area contributed by atoms with Crippen LogP contribution < -0.4 is 16.4 Å². The third-order valence-corrected chi connectivity index (χ3v) is 4.75. The molecule has 24 heavy (non-hydrogen) atoms. The van der Waals surface area contributed by atoms with Crippen LogP contribution in [0.3, 0.4) is 0 Å². The zero-order chi connectivity index (χ0) is 17.4. The molecule has 1 atom stereocenters. The summed E-state index contributed by atoms with van der Waals surface area (Å²) in [7, 11) is 0. The van der Waals surface area contributed by atoms with Gasteiger partial charge >= 0.3 is 0 Å². The van der Waals surface area contributed by atoms with Crippen molar-refractivity contribution in [1.82, 2.24) is 5.32 Å². The van der Waals surface area contributed by atoms with Crippen molar-refractivity contribution in [2.45, 2.75) is 51.0 Å². The Morgan fingerprint density at radius 2 is 2.00 bits per heavy atom. The summed E-state index contributed by atoms with van der Waals surface area (Å²) in [5.74, 6) is -0.0195. The van der Waals surface area contributed by atoms with Gasteiger partial charge in [-0.3, -0.25) is 9.59 Å². The van der Waals surface area contributed by atoms with Crippen LogP contribution in [0.1, 0.15) is 44.9 Å². The molecule has 0 heterocycles. The van der Waals surface area contributed by atoms with E-state index < -0.39 is 11.9 Å². The van der Waals surface area contributed by atoms with Gasteiger partial charge in [-0.15, -0.1) is 0 Å². The lowest BCUT2D eigenvalue weighted by molar-refractivity contribution is -0.127. The molecule has 0 radical (unpaired) electrons. The van der Waals surface area contributed by atoms with Crippen molar-refractivity contribution >= 4 is 29.1 Å². The molecule has 132 valence electrons. The summed E-state index contributed by atoms with van der Waals surface area (Å²) in [5.41, 5.74) is 6.18. The predicted octanol–water partition coefficient (Wildman–Crippen LogP) is 3.08. The Balaban J connectivity index is 1.77. The molecule has 1 aromatic carbocycles. The van der Waals surface area contributed by atoms with Crippen LogP contribution in [-0.2, 0) is 9.59 Å². The van der Waals surface area contributed by atoms with Crippen LogP contribution in [-0.4, -0.2) is 24.4 Å².